The molecule has 0 aliphatic heterocycles. The first-order valence-electron chi connectivity index (χ1n) is 8.40. The summed E-state index contributed by atoms with van der Waals surface area (Å²) in [5, 5.41) is 12.3. The molecule has 9 nitrogen and oxygen atoms in total. The fourth-order valence-electron chi connectivity index (χ4n) is 2.87. The molecular formula is C16H20BrN5O4S. The summed E-state index contributed by atoms with van der Waals surface area (Å²) in [6.07, 6.45) is 0. The maximum absolute atomic E-state index is 12.9. The zero-order valence-electron chi connectivity index (χ0n) is 15.4. The minimum Gasteiger partial charge on any atom is -0.444 e. The summed E-state index contributed by atoms with van der Waals surface area (Å²) >= 11 is 3.22. The van der Waals surface area contributed by atoms with Crippen LogP contribution < -0.4 is 0 Å². The summed E-state index contributed by atoms with van der Waals surface area (Å²) in [4.78, 5) is 0.223. The first-order valence-corrected chi connectivity index (χ1v) is 10.6. The normalized spacial score (nSPS) is 12.2. The lowest BCUT2D eigenvalue weighted by atomic mass is 10.4. The molecule has 11 heteroatoms. The van der Waals surface area contributed by atoms with E-state index in [1.165, 1.54) is 4.31 Å². The molecule has 0 unspecified atom stereocenters. The third-order valence-electron chi connectivity index (χ3n) is 4.15. The maximum Gasteiger partial charge on any atom is 0.283 e. The van der Waals surface area contributed by atoms with E-state index in [1.807, 2.05) is 13.8 Å². The monoisotopic (exact) mass is 457 g/mol. The van der Waals surface area contributed by atoms with Gasteiger partial charge in [-0.05, 0) is 41.9 Å². The number of sulfonamides is 1. The Labute approximate surface area is 165 Å². The standard InChI is InChI=1S/C16H20BrN5O4S/c1-5-21(6-2)27(23,24)15-10(3)20-22(11(15)4)9-14-18-19-16(26-14)12-7-8-13(17)25-12/h7-8H,5-6,9H2,1-4H3. The molecule has 0 fully saturated rings. The van der Waals surface area contributed by atoms with Crippen LogP contribution in [0.25, 0.3) is 11.7 Å². The van der Waals surface area contributed by atoms with Crippen LogP contribution >= 0.6 is 15.9 Å². The van der Waals surface area contributed by atoms with E-state index in [0.717, 1.165) is 0 Å². The van der Waals surface area contributed by atoms with Crippen LogP contribution in [0.3, 0.4) is 0 Å². The van der Waals surface area contributed by atoms with E-state index < -0.39 is 10.0 Å². The molecule has 3 heterocycles. The van der Waals surface area contributed by atoms with Crippen molar-refractivity contribution >= 4 is 26.0 Å². The molecule has 0 aliphatic carbocycles. The molecule has 0 atom stereocenters. The van der Waals surface area contributed by atoms with E-state index in [-0.39, 0.29) is 17.3 Å². The van der Waals surface area contributed by atoms with Crippen molar-refractivity contribution in [3.63, 3.8) is 0 Å². The lowest BCUT2D eigenvalue weighted by Crippen LogP contribution is -2.31. The molecule has 0 amide bonds. The minimum atomic E-state index is -3.61. The number of rotatable bonds is 7. The van der Waals surface area contributed by atoms with Gasteiger partial charge in [0.1, 0.15) is 11.4 Å². The van der Waals surface area contributed by atoms with Crippen LogP contribution in [0.4, 0.5) is 0 Å². The van der Waals surface area contributed by atoms with Gasteiger partial charge in [-0.1, -0.05) is 13.8 Å². The maximum atomic E-state index is 12.9. The van der Waals surface area contributed by atoms with Crippen molar-refractivity contribution < 1.29 is 17.3 Å². The van der Waals surface area contributed by atoms with Crippen LogP contribution in [0.5, 0.6) is 0 Å². The minimum absolute atomic E-state index is 0.162. The molecule has 0 saturated heterocycles. The zero-order valence-corrected chi connectivity index (χ0v) is 17.8. The van der Waals surface area contributed by atoms with Gasteiger partial charge in [0.2, 0.25) is 15.9 Å². The molecule has 0 aromatic carbocycles. The summed E-state index contributed by atoms with van der Waals surface area (Å²) in [7, 11) is -3.61. The molecule has 0 bridgehead atoms. The van der Waals surface area contributed by atoms with Gasteiger partial charge in [-0.2, -0.15) is 9.40 Å². The predicted octanol–water partition coefficient (Wildman–Crippen LogP) is 2.98. The fraction of sp³-hybridized carbons (Fsp3) is 0.438. The highest BCUT2D eigenvalue weighted by molar-refractivity contribution is 9.10. The molecule has 0 aliphatic rings. The Balaban J connectivity index is 1.91. The van der Waals surface area contributed by atoms with Crippen LogP contribution in [-0.2, 0) is 16.6 Å². The van der Waals surface area contributed by atoms with Gasteiger partial charge in [0.25, 0.3) is 5.89 Å². The smallest absolute Gasteiger partial charge is 0.283 e. The Hall–Kier alpha value is -1.98. The molecule has 0 radical (unpaired) electrons. The topological polar surface area (TPSA) is 107 Å². The van der Waals surface area contributed by atoms with Gasteiger partial charge in [-0.15, -0.1) is 10.2 Å². The van der Waals surface area contributed by atoms with Gasteiger partial charge >= 0.3 is 0 Å². The van der Waals surface area contributed by atoms with Crippen molar-refractivity contribution in [3.05, 3.63) is 34.1 Å². The van der Waals surface area contributed by atoms with Crippen molar-refractivity contribution in [1.29, 1.82) is 0 Å². The Morgan fingerprint density at radius 1 is 1.15 bits per heavy atom. The van der Waals surface area contributed by atoms with Crippen LogP contribution in [0.15, 0.2) is 30.5 Å². The molecule has 146 valence electrons. The van der Waals surface area contributed by atoms with Crippen molar-refractivity contribution in [2.45, 2.75) is 39.1 Å². The SMILES string of the molecule is CCN(CC)S(=O)(=O)c1c(C)nn(Cc2nnc(-c3ccc(Br)o3)o2)c1C. The van der Waals surface area contributed by atoms with Crippen molar-refractivity contribution in [3.8, 4) is 11.7 Å². The number of furan rings is 1. The highest BCUT2D eigenvalue weighted by Gasteiger charge is 2.29. The van der Waals surface area contributed by atoms with Crippen LogP contribution in [0.1, 0.15) is 31.1 Å². The van der Waals surface area contributed by atoms with E-state index in [4.69, 9.17) is 8.83 Å². The first-order chi connectivity index (χ1) is 12.8. The highest BCUT2D eigenvalue weighted by atomic mass is 79.9. The van der Waals surface area contributed by atoms with E-state index in [0.29, 0.717) is 40.8 Å². The number of aromatic nitrogens is 4. The lowest BCUT2D eigenvalue weighted by Gasteiger charge is -2.18. The molecule has 0 spiro atoms. The summed E-state index contributed by atoms with van der Waals surface area (Å²) < 4.78 is 40.3. The second-order valence-electron chi connectivity index (χ2n) is 5.85. The third-order valence-corrected chi connectivity index (χ3v) is 6.88. The van der Waals surface area contributed by atoms with Gasteiger partial charge in [-0.3, -0.25) is 4.68 Å². The van der Waals surface area contributed by atoms with Gasteiger partial charge in [-0.25, -0.2) is 8.42 Å². The highest BCUT2D eigenvalue weighted by Crippen LogP contribution is 2.26. The number of nitrogens with zero attached hydrogens (tertiary/aromatic N) is 5. The lowest BCUT2D eigenvalue weighted by molar-refractivity contribution is 0.442. The second-order valence-corrected chi connectivity index (χ2v) is 8.51. The molecule has 3 aromatic heterocycles. The second kappa shape index (κ2) is 7.56. The molecule has 27 heavy (non-hydrogen) atoms. The summed E-state index contributed by atoms with van der Waals surface area (Å²) in [5.74, 6) is 0.988. The zero-order chi connectivity index (χ0) is 19.8. The van der Waals surface area contributed by atoms with Crippen molar-refractivity contribution in [1.82, 2.24) is 24.3 Å². The van der Waals surface area contributed by atoms with Gasteiger partial charge in [0.05, 0.1) is 11.4 Å². The predicted molar refractivity (Wildman–Crippen MR) is 101 cm³/mol. The van der Waals surface area contributed by atoms with Gasteiger partial charge in [0.15, 0.2) is 10.4 Å². The van der Waals surface area contributed by atoms with Crippen molar-refractivity contribution in [2.24, 2.45) is 0 Å². The molecule has 0 saturated carbocycles. The number of halogens is 1. The molecular weight excluding hydrogens is 438 g/mol. The van der Waals surface area contributed by atoms with E-state index in [2.05, 4.69) is 31.2 Å². The summed E-state index contributed by atoms with van der Waals surface area (Å²) in [5.41, 5.74) is 0.967. The van der Waals surface area contributed by atoms with Crippen LogP contribution in [0.2, 0.25) is 0 Å². The molecule has 3 rings (SSSR count). The van der Waals surface area contributed by atoms with E-state index >= 15 is 0 Å². The average molecular weight is 458 g/mol. The Bertz CT molecular complexity index is 1050. The van der Waals surface area contributed by atoms with Gasteiger partial charge < -0.3 is 8.83 Å². The summed E-state index contributed by atoms with van der Waals surface area (Å²) in [6.45, 7) is 7.97. The van der Waals surface area contributed by atoms with Crippen LogP contribution in [0, 0.1) is 13.8 Å². The van der Waals surface area contributed by atoms with E-state index in [9.17, 15) is 8.42 Å². The number of hydrogen-bond donors (Lipinski definition) is 0. The molecule has 0 N–H and O–H groups in total. The molecule has 3 aromatic rings. The Kier molecular flexibility index (Phi) is 5.54. The summed E-state index contributed by atoms with van der Waals surface area (Å²) in [6, 6.07) is 3.43. The quantitative estimate of drug-likeness (QED) is 0.536. The van der Waals surface area contributed by atoms with E-state index in [1.54, 1.807) is 30.7 Å². The Morgan fingerprint density at radius 2 is 1.85 bits per heavy atom. The number of aryl methyl sites for hydroxylation is 1. The third kappa shape index (κ3) is 3.71. The first kappa shape index (κ1) is 19.8. The average Bonchev–Trinajstić information content (AvgIpc) is 3.29. The fourth-order valence-corrected chi connectivity index (χ4v) is 5.01. The van der Waals surface area contributed by atoms with Crippen LogP contribution in [-0.4, -0.2) is 45.8 Å². The number of hydrogen-bond acceptors (Lipinski definition) is 7. The van der Waals surface area contributed by atoms with Crippen molar-refractivity contribution in [2.75, 3.05) is 13.1 Å². The largest absolute Gasteiger partial charge is 0.444 e. The Morgan fingerprint density at radius 3 is 2.44 bits per heavy atom. The van der Waals surface area contributed by atoms with Gasteiger partial charge in [0, 0.05) is 13.1 Å².